The molecule has 0 spiro atoms. The number of nitrogens with zero attached hydrogens (tertiary/aromatic N) is 1. The van der Waals surface area contributed by atoms with Crippen LogP contribution >= 0.6 is 0 Å². The van der Waals surface area contributed by atoms with Crippen molar-refractivity contribution in [1.82, 2.24) is 10.2 Å². The van der Waals surface area contributed by atoms with E-state index in [9.17, 15) is 44.7 Å². The van der Waals surface area contributed by atoms with Gasteiger partial charge in [-0.25, -0.2) is 9.59 Å². The van der Waals surface area contributed by atoms with Crippen LogP contribution in [-0.2, 0) is 28.7 Å². The summed E-state index contributed by atoms with van der Waals surface area (Å²) in [5.41, 5.74) is 0. The molecule has 204 valence electrons. The molecule has 0 radical (unpaired) electrons. The van der Waals surface area contributed by atoms with E-state index in [4.69, 9.17) is 9.47 Å². The zero-order chi connectivity index (χ0) is 26.7. The average molecular weight is 517 g/mol. The van der Waals surface area contributed by atoms with Gasteiger partial charge in [-0.3, -0.25) is 14.9 Å². The average Bonchev–Trinajstić information content (AvgIpc) is 3.22. The Labute approximate surface area is 208 Å². The Hall–Kier alpha value is -2.32. The number of rotatable bonds is 9. The summed E-state index contributed by atoms with van der Waals surface area (Å²) in [4.78, 5) is 51.1. The summed E-state index contributed by atoms with van der Waals surface area (Å²) in [5.74, 6) is -4.07. The van der Waals surface area contributed by atoms with E-state index in [1.165, 1.54) is 11.8 Å². The lowest BCUT2D eigenvalue weighted by Crippen LogP contribution is -2.61. The maximum atomic E-state index is 13.5. The van der Waals surface area contributed by atoms with E-state index in [2.05, 4.69) is 5.32 Å². The molecule has 1 saturated carbocycles. The Kier molecular flexibility index (Phi) is 9.28. The van der Waals surface area contributed by atoms with Crippen molar-refractivity contribution < 1.29 is 54.2 Å². The van der Waals surface area contributed by atoms with Gasteiger partial charge in [0.25, 0.3) is 0 Å². The van der Waals surface area contributed by atoms with E-state index in [1.807, 2.05) is 6.92 Å². The van der Waals surface area contributed by atoms with Crippen molar-refractivity contribution in [3.05, 3.63) is 0 Å². The summed E-state index contributed by atoms with van der Waals surface area (Å²) >= 11 is 0. The molecule has 2 saturated heterocycles. The molecule has 36 heavy (non-hydrogen) atoms. The van der Waals surface area contributed by atoms with Crippen LogP contribution in [0.1, 0.15) is 58.8 Å². The predicted octanol–water partition coefficient (Wildman–Crippen LogP) is -1.19. The van der Waals surface area contributed by atoms with Crippen LogP contribution in [0, 0.1) is 5.92 Å². The first-order valence-electron chi connectivity index (χ1n) is 12.4. The standard InChI is InChI=1S/C23H36N2O11/c1-3-6-12(20(30)31)24-10(2)19(29)25-13-8-5-4-7-11(13)9-14(25)22(34)36-23-17(28)15(26)16(27)18(35-23)21(32)33/h10-18,23-24,26-28H,3-9H2,1-2H3,(H,30,31)(H,32,33)/t10-,11-,12-,13-,14-,15+,16+,17?,18?,23+/m0/s1. The van der Waals surface area contributed by atoms with Crippen molar-refractivity contribution in [3.63, 3.8) is 0 Å². The number of aliphatic hydroxyl groups excluding tert-OH is 3. The van der Waals surface area contributed by atoms with Gasteiger partial charge in [-0.1, -0.05) is 26.2 Å². The van der Waals surface area contributed by atoms with E-state index in [1.54, 1.807) is 0 Å². The highest BCUT2D eigenvalue weighted by atomic mass is 16.7. The van der Waals surface area contributed by atoms with Crippen molar-refractivity contribution in [2.75, 3.05) is 0 Å². The molecule has 3 aliphatic rings. The zero-order valence-electron chi connectivity index (χ0n) is 20.4. The number of carbonyl (C=O) groups is 4. The third-order valence-corrected chi connectivity index (χ3v) is 7.36. The number of aliphatic carboxylic acids is 2. The SMILES string of the molecule is CCC[C@H](N[C@@H](C)C(=O)N1[C@H](C(=O)O[C@H]2OC(C(=O)O)[C@H](O)[C@@H](O)C2O)C[C@@H]2CCCC[C@@H]21)C(=O)O. The second kappa shape index (κ2) is 11.8. The lowest BCUT2D eigenvalue weighted by atomic mass is 9.84. The fourth-order valence-corrected chi connectivity index (χ4v) is 5.49. The van der Waals surface area contributed by atoms with Crippen LogP contribution in [0.4, 0.5) is 0 Å². The van der Waals surface area contributed by atoms with Gasteiger partial charge in [0.1, 0.15) is 30.4 Å². The van der Waals surface area contributed by atoms with Crippen LogP contribution in [-0.4, -0.2) is 109 Å². The molecule has 10 atom stereocenters. The van der Waals surface area contributed by atoms with Gasteiger partial charge >= 0.3 is 17.9 Å². The van der Waals surface area contributed by atoms with E-state index in [0.29, 0.717) is 19.3 Å². The molecule has 0 bridgehead atoms. The molecule has 13 heteroatoms. The minimum absolute atomic E-state index is 0.0229. The fourth-order valence-electron chi connectivity index (χ4n) is 5.49. The smallest absolute Gasteiger partial charge is 0.335 e. The van der Waals surface area contributed by atoms with Gasteiger partial charge in [-0.2, -0.15) is 0 Å². The number of fused-ring (bicyclic) bond motifs is 1. The molecule has 2 aliphatic heterocycles. The van der Waals surface area contributed by atoms with Crippen LogP contribution < -0.4 is 5.32 Å². The highest BCUT2D eigenvalue weighted by Crippen LogP contribution is 2.41. The van der Waals surface area contributed by atoms with Crippen LogP contribution in [0.5, 0.6) is 0 Å². The lowest BCUT2D eigenvalue weighted by molar-refractivity contribution is -0.287. The van der Waals surface area contributed by atoms with Gasteiger partial charge < -0.3 is 39.9 Å². The normalized spacial score (nSPS) is 36.0. The van der Waals surface area contributed by atoms with E-state index in [0.717, 1.165) is 19.3 Å². The molecule has 1 amide bonds. The Morgan fingerprint density at radius 2 is 1.72 bits per heavy atom. The quantitative estimate of drug-likeness (QED) is 0.200. The number of hydrogen-bond acceptors (Lipinski definition) is 10. The maximum absolute atomic E-state index is 13.5. The van der Waals surface area contributed by atoms with Gasteiger partial charge in [0.05, 0.1) is 6.04 Å². The Balaban J connectivity index is 1.78. The van der Waals surface area contributed by atoms with Crippen LogP contribution in [0.3, 0.4) is 0 Å². The highest BCUT2D eigenvalue weighted by Gasteiger charge is 2.52. The first kappa shape index (κ1) is 28.3. The molecule has 13 nitrogen and oxygen atoms in total. The number of amides is 1. The number of esters is 1. The van der Waals surface area contributed by atoms with Gasteiger partial charge in [0, 0.05) is 6.04 Å². The Morgan fingerprint density at radius 3 is 2.33 bits per heavy atom. The van der Waals surface area contributed by atoms with E-state index in [-0.39, 0.29) is 18.4 Å². The zero-order valence-corrected chi connectivity index (χ0v) is 20.4. The molecular weight excluding hydrogens is 480 g/mol. The lowest BCUT2D eigenvalue weighted by Gasteiger charge is -2.39. The Bertz CT molecular complexity index is 839. The van der Waals surface area contributed by atoms with Gasteiger partial charge in [-0.05, 0) is 38.5 Å². The van der Waals surface area contributed by atoms with Crippen molar-refractivity contribution in [2.45, 2.75) is 114 Å². The number of carboxylic acid groups (broad SMARTS) is 2. The van der Waals surface area contributed by atoms with Crippen LogP contribution in [0.25, 0.3) is 0 Å². The molecule has 0 aromatic carbocycles. The van der Waals surface area contributed by atoms with Crippen molar-refractivity contribution >= 4 is 23.8 Å². The first-order chi connectivity index (χ1) is 17.0. The number of likely N-dealkylation sites (tertiary alicyclic amines) is 1. The minimum atomic E-state index is -1.93. The highest BCUT2D eigenvalue weighted by molar-refractivity contribution is 5.89. The second-order valence-corrected chi connectivity index (χ2v) is 9.85. The third kappa shape index (κ3) is 5.80. The molecule has 0 aromatic heterocycles. The number of carbonyl (C=O) groups excluding carboxylic acids is 2. The summed E-state index contributed by atoms with van der Waals surface area (Å²) in [5, 5.41) is 51.6. The van der Waals surface area contributed by atoms with Gasteiger partial charge in [0.15, 0.2) is 6.10 Å². The third-order valence-electron chi connectivity index (χ3n) is 7.36. The van der Waals surface area contributed by atoms with Gasteiger partial charge in [-0.15, -0.1) is 0 Å². The molecule has 0 aromatic rings. The number of nitrogens with one attached hydrogen (secondary N) is 1. The van der Waals surface area contributed by atoms with E-state index < -0.39 is 72.6 Å². The Morgan fingerprint density at radius 1 is 1.06 bits per heavy atom. The monoisotopic (exact) mass is 516 g/mol. The summed E-state index contributed by atoms with van der Waals surface area (Å²) in [7, 11) is 0. The number of carboxylic acids is 2. The molecule has 3 rings (SSSR count). The molecular formula is C23H36N2O11. The van der Waals surface area contributed by atoms with Crippen LogP contribution in [0.2, 0.25) is 0 Å². The molecule has 3 fully saturated rings. The van der Waals surface area contributed by atoms with Crippen LogP contribution in [0.15, 0.2) is 0 Å². The molecule has 2 unspecified atom stereocenters. The molecule has 1 aliphatic carbocycles. The number of aliphatic hydroxyl groups is 3. The largest absolute Gasteiger partial charge is 0.480 e. The summed E-state index contributed by atoms with van der Waals surface area (Å²) in [6.45, 7) is 3.37. The first-order valence-corrected chi connectivity index (χ1v) is 12.4. The van der Waals surface area contributed by atoms with Gasteiger partial charge in [0.2, 0.25) is 12.2 Å². The summed E-state index contributed by atoms with van der Waals surface area (Å²) in [6.07, 6.45) is -5.11. The van der Waals surface area contributed by atoms with E-state index >= 15 is 0 Å². The second-order valence-electron chi connectivity index (χ2n) is 9.85. The van der Waals surface area contributed by atoms with Crippen molar-refractivity contribution in [1.29, 1.82) is 0 Å². The number of hydrogen-bond donors (Lipinski definition) is 6. The maximum Gasteiger partial charge on any atom is 0.335 e. The minimum Gasteiger partial charge on any atom is -0.480 e. The van der Waals surface area contributed by atoms with Crippen molar-refractivity contribution in [2.24, 2.45) is 5.92 Å². The molecule has 6 N–H and O–H groups in total. The summed E-state index contributed by atoms with van der Waals surface area (Å²) in [6, 6.07) is -3.15. The summed E-state index contributed by atoms with van der Waals surface area (Å²) < 4.78 is 10.3. The van der Waals surface area contributed by atoms with Crippen molar-refractivity contribution in [3.8, 4) is 0 Å². The fraction of sp³-hybridized carbons (Fsp3) is 0.826. The topological polar surface area (TPSA) is 203 Å². The molecule has 2 heterocycles. The predicted molar refractivity (Wildman–Crippen MR) is 120 cm³/mol. The number of ether oxygens (including phenoxy) is 2.